The molecule has 220 valence electrons. The molecule has 2 aliphatic rings. The van der Waals surface area contributed by atoms with Crippen LogP contribution in [0.15, 0.2) is 22.7 Å². The topological polar surface area (TPSA) is 120 Å². The van der Waals surface area contributed by atoms with Gasteiger partial charge in [-0.1, -0.05) is 31.3 Å². The monoisotopic (exact) mass is 555 g/mol. The summed E-state index contributed by atoms with van der Waals surface area (Å²) in [6, 6.07) is 4.67. The van der Waals surface area contributed by atoms with E-state index in [1.54, 1.807) is 30.9 Å². The van der Waals surface area contributed by atoms with Gasteiger partial charge < -0.3 is 34.8 Å². The molecule has 0 saturated heterocycles. The number of carbonyl (C=O) groups excluding carboxylic acids is 2. The van der Waals surface area contributed by atoms with E-state index in [9.17, 15) is 14.7 Å². The molecule has 40 heavy (non-hydrogen) atoms. The molecule has 3 N–H and O–H groups in total. The highest BCUT2D eigenvalue weighted by atomic mass is 16.5. The molecule has 10 nitrogen and oxygen atoms in total. The minimum atomic E-state index is -0.434. The third-order valence-electron chi connectivity index (χ3n) is 8.23. The second-order valence-corrected chi connectivity index (χ2v) is 11.7. The number of nitrogens with one attached hydrogen (secondary N) is 2. The number of hydrogen-bond donors (Lipinski definition) is 3. The lowest BCUT2D eigenvalue weighted by Crippen LogP contribution is -2.48. The number of aliphatic hydroxyl groups excluding tert-OH is 1. The number of ether oxygens (including phenoxy) is 1. The van der Waals surface area contributed by atoms with Crippen molar-refractivity contribution in [3.05, 3.63) is 35.2 Å². The first-order valence-electron chi connectivity index (χ1n) is 14.5. The Morgan fingerprint density at radius 2 is 1.95 bits per heavy atom. The van der Waals surface area contributed by atoms with Crippen LogP contribution in [-0.4, -0.2) is 77.4 Å². The first kappa shape index (κ1) is 29.9. The summed E-state index contributed by atoms with van der Waals surface area (Å²) in [6.45, 7) is 9.64. The second kappa shape index (κ2) is 13.5. The van der Waals surface area contributed by atoms with Crippen molar-refractivity contribution in [2.45, 2.75) is 78.4 Å². The first-order chi connectivity index (χ1) is 19.1. The quantitative estimate of drug-likeness (QED) is 0.436. The zero-order valence-electron chi connectivity index (χ0n) is 24.5. The van der Waals surface area contributed by atoms with Gasteiger partial charge in [0.2, 0.25) is 5.91 Å². The number of amides is 3. The van der Waals surface area contributed by atoms with Crippen molar-refractivity contribution in [1.82, 2.24) is 15.0 Å². The molecule has 1 aliphatic carbocycles. The largest absolute Gasteiger partial charge is 0.488 e. The molecule has 1 aliphatic heterocycles. The maximum atomic E-state index is 13.5. The fourth-order valence-corrected chi connectivity index (χ4v) is 5.85. The molecule has 4 rings (SSSR count). The van der Waals surface area contributed by atoms with Crippen LogP contribution in [0.25, 0.3) is 0 Å². The van der Waals surface area contributed by atoms with Crippen LogP contribution < -0.4 is 15.4 Å². The minimum Gasteiger partial charge on any atom is -0.488 e. The van der Waals surface area contributed by atoms with Gasteiger partial charge in [-0.05, 0) is 64.8 Å². The number of carbonyl (C=O) groups is 2. The fourth-order valence-electron chi connectivity index (χ4n) is 5.85. The van der Waals surface area contributed by atoms with Gasteiger partial charge in [-0.25, -0.2) is 4.79 Å². The highest BCUT2D eigenvalue weighted by Gasteiger charge is 2.31. The number of anilines is 2. The number of likely N-dealkylation sites (N-methyl/N-ethyl adjacent to an activating group) is 1. The van der Waals surface area contributed by atoms with Crippen LogP contribution in [-0.2, 0) is 11.2 Å². The average molecular weight is 556 g/mol. The fraction of sp³-hybridized carbons (Fsp3) is 0.633. The molecule has 2 aromatic rings. The summed E-state index contributed by atoms with van der Waals surface area (Å²) >= 11 is 0. The van der Waals surface area contributed by atoms with Crippen LogP contribution in [0.2, 0.25) is 0 Å². The Morgan fingerprint density at radius 3 is 2.62 bits per heavy atom. The Balaban J connectivity index is 1.54. The smallest absolute Gasteiger partial charge is 0.323 e. The van der Waals surface area contributed by atoms with Gasteiger partial charge in [0.25, 0.3) is 0 Å². The second-order valence-electron chi connectivity index (χ2n) is 11.7. The maximum absolute atomic E-state index is 13.5. The highest BCUT2D eigenvalue weighted by molar-refractivity contribution is 6.00. The van der Waals surface area contributed by atoms with Gasteiger partial charge in [0.05, 0.1) is 19.1 Å². The van der Waals surface area contributed by atoms with E-state index in [4.69, 9.17) is 9.26 Å². The van der Waals surface area contributed by atoms with Crippen LogP contribution in [0.4, 0.5) is 16.2 Å². The molecule has 1 fully saturated rings. The Kier molecular flexibility index (Phi) is 10.1. The van der Waals surface area contributed by atoms with Crippen LogP contribution in [0.1, 0.15) is 63.0 Å². The Hall–Kier alpha value is -3.11. The van der Waals surface area contributed by atoms with Gasteiger partial charge in [0.1, 0.15) is 23.2 Å². The van der Waals surface area contributed by atoms with Crippen LogP contribution in [0.3, 0.4) is 0 Å². The number of rotatable bonds is 8. The van der Waals surface area contributed by atoms with Crippen LogP contribution in [0, 0.1) is 25.7 Å². The number of urea groups is 1. The molecule has 3 atom stereocenters. The van der Waals surface area contributed by atoms with E-state index in [2.05, 4.69) is 34.7 Å². The Labute approximate surface area is 237 Å². The van der Waals surface area contributed by atoms with E-state index < -0.39 is 6.03 Å². The van der Waals surface area contributed by atoms with Gasteiger partial charge in [-0.2, -0.15) is 0 Å². The van der Waals surface area contributed by atoms with E-state index in [0.717, 1.165) is 19.0 Å². The van der Waals surface area contributed by atoms with E-state index in [0.29, 0.717) is 40.7 Å². The number of aromatic nitrogens is 1. The van der Waals surface area contributed by atoms with Gasteiger partial charge in [-0.3, -0.25) is 4.79 Å². The number of aryl methyl sites for hydroxylation is 2. The van der Waals surface area contributed by atoms with Crippen molar-refractivity contribution in [3.8, 4) is 5.75 Å². The zero-order chi connectivity index (χ0) is 28.8. The SMILES string of the molecule is Cc1noc(C)c1NC(=O)Nc1ccc2c(c1)CC(=O)N([C@@H](C)CO)C[C@H](C)[C@@H](CN(C)CC1CCCCC1)O2. The minimum absolute atomic E-state index is 0.0522. The molecule has 0 bridgehead atoms. The third-order valence-corrected chi connectivity index (χ3v) is 8.23. The van der Waals surface area contributed by atoms with Gasteiger partial charge in [0.15, 0.2) is 5.76 Å². The first-order valence-corrected chi connectivity index (χ1v) is 14.5. The molecule has 2 heterocycles. The Morgan fingerprint density at radius 1 is 1.20 bits per heavy atom. The Bertz CT molecular complexity index is 1140. The van der Waals surface area contributed by atoms with Crippen molar-refractivity contribution in [1.29, 1.82) is 0 Å². The third kappa shape index (κ3) is 7.54. The molecule has 1 saturated carbocycles. The van der Waals surface area contributed by atoms with Gasteiger partial charge in [-0.15, -0.1) is 0 Å². The maximum Gasteiger partial charge on any atom is 0.323 e. The van der Waals surface area contributed by atoms with E-state index >= 15 is 0 Å². The molecular formula is C30H45N5O5. The summed E-state index contributed by atoms with van der Waals surface area (Å²) in [5, 5.41) is 19.4. The van der Waals surface area contributed by atoms with E-state index in [-0.39, 0.29) is 37.0 Å². The van der Waals surface area contributed by atoms with Crippen molar-refractivity contribution >= 4 is 23.3 Å². The summed E-state index contributed by atoms with van der Waals surface area (Å²) in [5.74, 6) is 1.86. The molecule has 0 radical (unpaired) electrons. The standard InChI is InChI=1S/C30H45N5O5/c1-19-15-35(20(2)18-36)28(37)14-24-13-25(31-30(38)32-29-21(3)33-40-22(29)4)11-12-26(24)39-27(19)17-34(5)16-23-9-7-6-8-10-23/h11-13,19-20,23,27,36H,6-10,14-18H2,1-5H3,(H2,31,32,38)/t19-,20-,27+/m0/s1. The van der Waals surface area contributed by atoms with Crippen molar-refractivity contribution in [3.63, 3.8) is 0 Å². The van der Waals surface area contributed by atoms with Crippen LogP contribution in [0.5, 0.6) is 5.75 Å². The number of fused-ring (bicyclic) bond motifs is 1. The van der Waals surface area contributed by atoms with Crippen molar-refractivity contribution in [2.75, 3.05) is 43.9 Å². The van der Waals surface area contributed by atoms with Gasteiger partial charge in [0, 0.05) is 36.8 Å². The molecule has 0 unspecified atom stereocenters. The van der Waals surface area contributed by atoms with Crippen molar-refractivity contribution in [2.24, 2.45) is 11.8 Å². The average Bonchev–Trinajstić information content (AvgIpc) is 3.25. The summed E-state index contributed by atoms with van der Waals surface area (Å²) in [7, 11) is 2.15. The molecule has 10 heteroatoms. The van der Waals surface area contributed by atoms with Gasteiger partial charge >= 0.3 is 6.03 Å². The highest BCUT2D eigenvalue weighted by Crippen LogP contribution is 2.30. The predicted molar refractivity (Wildman–Crippen MR) is 155 cm³/mol. The van der Waals surface area contributed by atoms with E-state index in [1.165, 1.54) is 32.1 Å². The number of aliphatic hydroxyl groups is 1. The molecule has 0 spiro atoms. The lowest BCUT2D eigenvalue weighted by molar-refractivity contribution is -0.134. The number of nitrogens with zero attached hydrogens (tertiary/aromatic N) is 3. The molecule has 3 amide bonds. The van der Waals surface area contributed by atoms with E-state index in [1.807, 2.05) is 13.0 Å². The van der Waals surface area contributed by atoms with Crippen molar-refractivity contribution < 1.29 is 24.0 Å². The summed E-state index contributed by atoms with van der Waals surface area (Å²) in [5.41, 5.74) is 2.36. The van der Waals surface area contributed by atoms with Crippen LogP contribution >= 0.6 is 0 Å². The number of benzene rings is 1. The number of hydrogen-bond acceptors (Lipinski definition) is 7. The zero-order valence-corrected chi connectivity index (χ0v) is 24.5. The lowest BCUT2D eigenvalue weighted by atomic mass is 9.89. The molecule has 1 aromatic carbocycles. The predicted octanol–water partition coefficient (Wildman–Crippen LogP) is 4.60. The lowest BCUT2D eigenvalue weighted by Gasteiger charge is -2.35. The molecular weight excluding hydrogens is 510 g/mol. The molecule has 1 aromatic heterocycles. The summed E-state index contributed by atoms with van der Waals surface area (Å²) < 4.78 is 11.8. The summed E-state index contributed by atoms with van der Waals surface area (Å²) in [4.78, 5) is 30.3. The normalized spacial score (nSPS) is 21.2. The summed E-state index contributed by atoms with van der Waals surface area (Å²) in [6.07, 6.45) is 6.49.